The molecule has 0 spiro atoms. The predicted octanol–water partition coefficient (Wildman–Crippen LogP) is 1.85. The third-order valence-corrected chi connectivity index (χ3v) is 2.65. The van der Waals surface area contributed by atoms with Gasteiger partial charge in [0, 0.05) is 18.7 Å². The van der Waals surface area contributed by atoms with E-state index in [4.69, 9.17) is 12.2 Å². The number of amides is 1. The maximum absolute atomic E-state index is 12.0. The van der Waals surface area contributed by atoms with Gasteiger partial charge in [0.05, 0.1) is 0 Å². The molecule has 10 heteroatoms. The van der Waals surface area contributed by atoms with Crippen molar-refractivity contribution in [3.8, 4) is 5.75 Å². The third-order valence-electron chi connectivity index (χ3n) is 2.45. The summed E-state index contributed by atoms with van der Waals surface area (Å²) in [6.07, 6.45) is -4.44. The molecule has 0 saturated carbocycles. The zero-order valence-corrected chi connectivity index (χ0v) is 13.3. The van der Waals surface area contributed by atoms with Crippen molar-refractivity contribution in [1.82, 2.24) is 15.8 Å². The molecule has 1 amide bonds. The number of halogens is 3. The lowest BCUT2D eigenvalue weighted by Gasteiger charge is -2.13. The van der Waals surface area contributed by atoms with Gasteiger partial charge in [-0.1, -0.05) is 0 Å². The van der Waals surface area contributed by atoms with E-state index in [-0.39, 0.29) is 16.8 Å². The fraction of sp³-hybridized carbons (Fsp3) is 0.385. The molecule has 23 heavy (non-hydrogen) atoms. The van der Waals surface area contributed by atoms with Crippen molar-refractivity contribution >= 4 is 28.9 Å². The first-order chi connectivity index (χ1) is 10.7. The minimum Gasteiger partial charge on any atom is -0.406 e. The Bertz CT molecular complexity index is 535. The summed E-state index contributed by atoms with van der Waals surface area (Å²) in [5.74, 6) is -0.573. The van der Waals surface area contributed by atoms with Crippen LogP contribution in [0.1, 0.15) is 6.42 Å². The predicted molar refractivity (Wildman–Crippen MR) is 83.8 cm³/mol. The molecule has 3 N–H and O–H groups in total. The van der Waals surface area contributed by atoms with Crippen molar-refractivity contribution in [2.45, 2.75) is 12.8 Å². The van der Waals surface area contributed by atoms with Crippen LogP contribution in [0.3, 0.4) is 0 Å². The summed E-state index contributed by atoms with van der Waals surface area (Å²) >= 11 is 4.95. The zero-order valence-electron chi connectivity index (χ0n) is 12.5. The van der Waals surface area contributed by atoms with E-state index in [1.54, 1.807) is 0 Å². The molecule has 6 nitrogen and oxygen atoms in total. The Balaban J connectivity index is 2.38. The molecule has 1 rings (SSSR count). The number of benzene rings is 1. The number of rotatable bonds is 5. The van der Waals surface area contributed by atoms with Crippen LogP contribution in [-0.2, 0) is 4.79 Å². The average molecular weight is 350 g/mol. The van der Waals surface area contributed by atoms with Gasteiger partial charge in [-0.05, 0) is 50.6 Å². The van der Waals surface area contributed by atoms with Gasteiger partial charge < -0.3 is 15.0 Å². The summed E-state index contributed by atoms with van der Waals surface area (Å²) in [6.45, 7) is 0.592. The Hall–Kier alpha value is -2.07. The van der Waals surface area contributed by atoms with Gasteiger partial charge in [0.25, 0.3) is 0 Å². The molecule has 0 aliphatic heterocycles. The molecule has 1 aromatic rings. The summed E-state index contributed by atoms with van der Waals surface area (Å²) in [4.78, 5) is 13.3. The Kier molecular flexibility index (Phi) is 7.04. The van der Waals surface area contributed by atoms with E-state index >= 15 is 0 Å². The van der Waals surface area contributed by atoms with Crippen molar-refractivity contribution < 1.29 is 22.7 Å². The number of hydrazine groups is 1. The molecule has 0 heterocycles. The molecule has 0 atom stereocenters. The molecule has 0 saturated heterocycles. The number of thiocarbonyl (C=S) groups is 1. The number of ether oxygens (including phenoxy) is 1. The minimum absolute atomic E-state index is 0.104. The van der Waals surface area contributed by atoms with Crippen molar-refractivity contribution in [1.29, 1.82) is 0 Å². The third kappa shape index (κ3) is 8.83. The first-order valence-electron chi connectivity index (χ1n) is 6.52. The Morgan fingerprint density at radius 1 is 1.22 bits per heavy atom. The fourth-order valence-corrected chi connectivity index (χ4v) is 1.59. The summed E-state index contributed by atoms with van der Waals surface area (Å²) in [5.41, 5.74) is 5.35. The van der Waals surface area contributed by atoms with Crippen molar-refractivity contribution in [2.24, 2.45) is 0 Å². The van der Waals surface area contributed by atoms with Gasteiger partial charge >= 0.3 is 6.36 Å². The van der Waals surface area contributed by atoms with Gasteiger partial charge in [0.2, 0.25) is 5.91 Å². The quantitative estimate of drug-likeness (QED) is 0.556. The zero-order chi connectivity index (χ0) is 17.5. The van der Waals surface area contributed by atoms with E-state index in [1.807, 2.05) is 19.0 Å². The number of nitrogens with zero attached hydrogens (tertiary/aromatic N) is 1. The van der Waals surface area contributed by atoms with E-state index in [1.165, 1.54) is 12.1 Å². The van der Waals surface area contributed by atoms with Crippen LogP contribution in [0.2, 0.25) is 0 Å². The van der Waals surface area contributed by atoms with Crippen molar-refractivity contribution in [2.75, 3.05) is 26.0 Å². The number of carbonyl (C=O) groups excluding carboxylic acids is 1. The first kappa shape index (κ1) is 19.0. The molecule has 0 bridgehead atoms. The van der Waals surface area contributed by atoms with Crippen LogP contribution >= 0.6 is 12.2 Å². The van der Waals surface area contributed by atoms with E-state index < -0.39 is 6.36 Å². The lowest BCUT2D eigenvalue weighted by Crippen LogP contribution is -2.44. The SMILES string of the molecule is CN(C)CCC(=O)NNC(=S)Nc1ccc(OC(F)(F)F)cc1. The lowest BCUT2D eigenvalue weighted by molar-refractivity contribution is -0.274. The average Bonchev–Trinajstić information content (AvgIpc) is 2.43. The summed E-state index contributed by atoms with van der Waals surface area (Å²) in [7, 11) is 3.69. The van der Waals surface area contributed by atoms with Crippen molar-refractivity contribution in [3.63, 3.8) is 0 Å². The highest BCUT2D eigenvalue weighted by Crippen LogP contribution is 2.23. The highest BCUT2D eigenvalue weighted by molar-refractivity contribution is 7.80. The largest absolute Gasteiger partial charge is 0.573 e. The molecule has 128 valence electrons. The van der Waals surface area contributed by atoms with Gasteiger partial charge in [-0.15, -0.1) is 13.2 Å². The molecule has 0 fully saturated rings. The summed E-state index contributed by atoms with van der Waals surface area (Å²) < 4.78 is 39.8. The van der Waals surface area contributed by atoms with E-state index in [2.05, 4.69) is 20.9 Å². The normalized spacial score (nSPS) is 11.0. The highest BCUT2D eigenvalue weighted by Gasteiger charge is 2.30. The van der Waals surface area contributed by atoms with Gasteiger partial charge in [-0.25, -0.2) is 0 Å². The van der Waals surface area contributed by atoms with Gasteiger partial charge in [0.15, 0.2) is 5.11 Å². The highest BCUT2D eigenvalue weighted by atomic mass is 32.1. The number of alkyl halides is 3. The van der Waals surface area contributed by atoms with Crippen LogP contribution in [0.15, 0.2) is 24.3 Å². The molecule has 0 radical (unpaired) electrons. The number of carbonyl (C=O) groups is 1. The summed E-state index contributed by atoms with van der Waals surface area (Å²) in [5, 5.41) is 2.81. The Labute approximate surface area is 136 Å². The molecule has 0 aromatic heterocycles. The number of anilines is 1. The molecule has 1 aromatic carbocycles. The van der Waals surface area contributed by atoms with Gasteiger partial charge in [-0.3, -0.25) is 15.6 Å². The van der Waals surface area contributed by atoms with Crippen LogP contribution in [-0.4, -0.2) is 42.9 Å². The number of hydrogen-bond acceptors (Lipinski definition) is 4. The summed E-state index contributed by atoms with van der Waals surface area (Å²) in [6, 6.07) is 5.02. The second kappa shape index (κ2) is 8.53. The maximum Gasteiger partial charge on any atom is 0.573 e. The van der Waals surface area contributed by atoms with Crippen LogP contribution in [0.4, 0.5) is 18.9 Å². The topological polar surface area (TPSA) is 65.6 Å². The van der Waals surface area contributed by atoms with Crippen molar-refractivity contribution in [3.05, 3.63) is 24.3 Å². The van der Waals surface area contributed by atoms with Gasteiger partial charge in [-0.2, -0.15) is 0 Å². The van der Waals surface area contributed by atoms with E-state index in [0.717, 1.165) is 12.1 Å². The lowest BCUT2D eigenvalue weighted by atomic mass is 10.3. The monoisotopic (exact) mass is 350 g/mol. The van der Waals surface area contributed by atoms with Crippen LogP contribution in [0.5, 0.6) is 5.75 Å². The van der Waals surface area contributed by atoms with Crippen LogP contribution in [0, 0.1) is 0 Å². The number of nitrogens with one attached hydrogen (secondary N) is 3. The standard InChI is InChI=1S/C13H17F3N4O2S/c1-20(2)8-7-11(21)18-19-12(23)17-9-3-5-10(6-4-9)22-13(14,15)16/h3-6H,7-8H2,1-2H3,(H,18,21)(H2,17,19,23). The van der Waals surface area contributed by atoms with Crippen LogP contribution in [0.25, 0.3) is 0 Å². The van der Waals surface area contributed by atoms with Gasteiger partial charge in [0.1, 0.15) is 5.75 Å². The van der Waals surface area contributed by atoms with Crippen LogP contribution < -0.4 is 20.9 Å². The molecule has 0 aliphatic carbocycles. The molecular formula is C13H17F3N4O2S. The Morgan fingerprint density at radius 3 is 2.35 bits per heavy atom. The fourth-order valence-electron chi connectivity index (χ4n) is 1.42. The molecule has 0 unspecified atom stereocenters. The van der Waals surface area contributed by atoms with E-state index in [9.17, 15) is 18.0 Å². The smallest absolute Gasteiger partial charge is 0.406 e. The first-order valence-corrected chi connectivity index (χ1v) is 6.93. The van der Waals surface area contributed by atoms with E-state index in [0.29, 0.717) is 18.7 Å². The Morgan fingerprint density at radius 2 is 1.83 bits per heavy atom. The second-order valence-corrected chi connectivity index (χ2v) is 5.16. The maximum atomic E-state index is 12.0. The number of hydrogen-bond donors (Lipinski definition) is 3. The molecular weight excluding hydrogens is 333 g/mol. The molecule has 0 aliphatic rings. The minimum atomic E-state index is -4.73. The second-order valence-electron chi connectivity index (χ2n) is 4.75.